The second kappa shape index (κ2) is 7.31. The second-order valence-electron chi connectivity index (χ2n) is 7.05. The molecule has 2 aromatic carbocycles. The molecule has 142 valence electrons. The number of nitrogens with zero attached hydrogens (tertiary/aromatic N) is 3. The SMILES string of the molecule is CC(Nc1nccc(N2C(=O)OC[C@@]2(C)c2ccccc2)n1)c1ccccc1. The van der Waals surface area contributed by atoms with Gasteiger partial charge in [-0.15, -0.1) is 0 Å². The van der Waals surface area contributed by atoms with E-state index in [4.69, 9.17) is 4.74 Å². The molecule has 3 aromatic rings. The number of hydrogen-bond donors (Lipinski definition) is 1. The fraction of sp³-hybridized carbons (Fsp3) is 0.227. The molecule has 1 saturated heterocycles. The Bertz CT molecular complexity index is 965. The van der Waals surface area contributed by atoms with Gasteiger partial charge in [0.2, 0.25) is 5.95 Å². The molecule has 6 nitrogen and oxygen atoms in total. The van der Waals surface area contributed by atoms with Gasteiger partial charge in [0.1, 0.15) is 18.0 Å². The molecule has 2 heterocycles. The quantitative estimate of drug-likeness (QED) is 0.711. The molecule has 1 amide bonds. The van der Waals surface area contributed by atoms with E-state index in [1.54, 1.807) is 17.2 Å². The molecule has 1 N–H and O–H groups in total. The lowest BCUT2D eigenvalue weighted by atomic mass is 9.92. The zero-order valence-corrected chi connectivity index (χ0v) is 15.9. The van der Waals surface area contributed by atoms with Crippen LogP contribution in [-0.4, -0.2) is 22.7 Å². The summed E-state index contributed by atoms with van der Waals surface area (Å²) >= 11 is 0. The molecule has 4 rings (SSSR count). The molecular formula is C22H22N4O2. The van der Waals surface area contributed by atoms with E-state index in [1.807, 2.05) is 74.5 Å². The average molecular weight is 374 g/mol. The molecule has 1 aromatic heterocycles. The van der Waals surface area contributed by atoms with E-state index in [9.17, 15) is 4.79 Å². The molecule has 0 spiro atoms. The first-order valence-electron chi connectivity index (χ1n) is 9.25. The van der Waals surface area contributed by atoms with Gasteiger partial charge in [-0.2, -0.15) is 4.98 Å². The third-order valence-corrected chi connectivity index (χ3v) is 5.06. The summed E-state index contributed by atoms with van der Waals surface area (Å²) < 4.78 is 5.39. The summed E-state index contributed by atoms with van der Waals surface area (Å²) in [4.78, 5) is 23.1. The number of anilines is 2. The summed E-state index contributed by atoms with van der Waals surface area (Å²) in [5.41, 5.74) is 1.49. The van der Waals surface area contributed by atoms with Crippen molar-refractivity contribution < 1.29 is 9.53 Å². The minimum absolute atomic E-state index is 0.0301. The number of cyclic esters (lactones) is 1. The van der Waals surface area contributed by atoms with Gasteiger partial charge in [-0.05, 0) is 31.0 Å². The average Bonchev–Trinajstić information content (AvgIpc) is 3.05. The number of benzene rings is 2. The van der Waals surface area contributed by atoms with Gasteiger partial charge in [0.15, 0.2) is 0 Å². The van der Waals surface area contributed by atoms with Crippen LogP contribution in [0.15, 0.2) is 72.9 Å². The number of nitrogens with one attached hydrogen (secondary N) is 1. The van der Waals surface area contributed by atoms with Gasteiger partial charge in [0.05, 0.1) is 6.04 Å². The lowest BCUT2D eigenvalue weighted by Gasteiger charge is -2.31. The molecular weight excluding hydrogens is 352 g/mol. The van der Waals surface area contributed by atoms with Crippen molar-refractivity contribution in [2.45, 2.75) is 25.4 Å². The molecule has 1 aliphatic rings. The zero-order valence-electron chi connectivity index (χ0n) is 15.9. The molecule has 6 heteroatoms. The van der Waals surface area contributed by atoms with Crippen molar-refractivity contribution in [1.82, 2.24) is 9.97 Å². The summed E-state index contributed by atoms with van der Waals surface area (Å²) in [6.45, 7) is 4.29. The van der Waals surface area contributed by atoms with Crippen LogP contribution >= 0.6 is 0 Å². The van der Waals surface area contributed by atoms with E-state index in [0.29, 0.717) is 11.8 Å². The lowest BCUT2D eigenvalue weighted by Crippen LogP contribution is -2.42. The van der Waals surface area contributed by atoms with Crippen LogP contribution in [0.25, 0.3) is 0 Å². The van der Waals surface area contributed by atoms with Gasteiger partial charge in [0.25, 0.3) is 0 Å². The van der Waals surface area contributed by atoms with Crippen molar-refractivity contribution in [1.29, 1.82) is 0 Å². The van der Waals surface area contributed by atoms with Crippen LogP contribution in [-0.2, 0) is 10.3 Å². The molecule has 0 aliphatic carbocycles. The highest BCUT2D eigenvalue weighted by atomic mass is 16.6. The Kier molecular flexibility index (Phi) is 4.69. The Hall–Kier alpha value is -3.41. The first kappa shape index (κ1) is 18.0. The smallest absolute Gasteiger partial charge is 0.416 e. The van der Waals surface area contributed by atoms with E-state index in [1.165, 1.54) is 0 Å². The number of hydrogen-bond acceptors (Lipinski definition) is 5. The van der Waals surface area contributed by atoms with Crippen molar-refractivity contribution >= 4 is 17.9 Å². The number of amides is 1. The van der Waals surface area contributed by atoms with E-state index >= 15 is 0 Å². The van der Waals surface area contributed by atoms with E-state index in [-0.39, 0.29) is 12.6 Å². The van der Waals surface area contributed by atoms with Gasteiger partial charge >= 0.3 is 6.09 Å². The van der Waals surface area contributed by atoms with E-state index < -0.39 is 11.6 Å². The van der Waals surface area contributed by atoms with Crippen molar-refractivity contribution in [3.63, 3.8) is 0 Å². The summed E-state index contributed by atoms with van der Waals surface area (Å²) in [5.74, 6) is 0.968. The fourth-order valence-electron chi connectivity index (χ4n) is 3.45. The fourth-order valence-corrected chi connectivity index (χ4v) is 3.45. The Balaban J connectivity index is 1.63. The Morgan fingerprint density at radius 2 is 1.75 bits per heavy atom. The number of rotatable bonds is 5. The molecule has 0 saturated carbocycles. The minimum Gasteiger partial charge on any atom is -0.446 e. The second-order valence-corrected chi connectivity index (χ2v) is 7.05. The molecule has 1 aliphatic heterocycles. The zero-order chi connectivity index (χ0) is 19.6. The first-order chi connectivity index (χ1) is 13.6. The maximum atomic E-state index is 12.5. The number of carbonyl (C=O) groups excluding carboxylic acids is 1. The number of ether oxygens (including phenoxy) is 1. The van der Waals surface area contributed by atoms with Gasteiger partial charge in [-0.25, -0.2) is 14.7 Å². The van der Waals surface area contributed by atoms with E-state index in [0.717, 1.165) is 11.1 Å². The lowest BCUT2D eigenvalue weighted by molar-refractivity contribution is 0.174. The summed E-state index contributed by atoms with van der Waals surface area (Å²) in [5, 5.41) is 3.30. The highest BCUT2D eigenvalue weighted by Gasteiger charge is 2.46. The molecule has 28 heavy (non-hydrogen) atoms. The van der Waals surface area contributed by atoms with Crippen molar-refractivity contribution in [2.24, 2.45) is 0 Å². The van der Waals surface area contributed by atoms with Crippen molar-refractivity contribution in [3.8, 4) is 0 Å². The molecule has 2 atom stereocenters. The van der Waals surface area contributed by atoms with Crippen LogP contribution in [0.3, 0.4) is 0 Å². The Labute approximate surface area is 164 Å². The summed E-state index contributed by atoms with van der Waals surface area (Å²) in [6, 6.07) is 21.7. The van der Waals surface area contributed by atoms with Gasteiger partial charge < -0.3 is 10.1 Å². The largest absolute Gasteiger partial charge is 0.446 e. The normalized spacial score (nSPS) is 19.9. The maximum absolute atomic E-state index is 12.5. The highest BCUT2D eigenvalue weighted by molar-refractivity contribution is 5.90. The van der Waals surface area contributed by atoms with E-state index in [2.05, 4.69) is 15.3 Å². The topological polar surface area (TPSA) is 67.4 Å². The van der Waals surface area contributed by atoms with Gasteiger partial charge in [-0.3, -0.25) is 0 Å². The maximum Gasteiger partial charge on any atom is 0.416 e. The Morgan fingerprint density at radius 3 is 2.46 bits per heavy atom. The standard InChI is InChI=1S/C22H22N4O2/c1-16(17-9-5-3-6-10-17)24-20-23-14-13-19(25-20)26-21(27)28-15-22(26,2)18-11-7-4-8-12-18/h3-14,16H,15H2,1-2H3,(H,23,24,25)/t16?,22-/m0/s1. The van der Waals surface area contributed by atoms with Crippen LogP contribution in [0.5, 0.6) is 0 Å². The van der Waals surface area contributed by atoms with Crippen molar-refractivity contribution in [3.05, 3.63) is 84.1 Å². The number of carbonyl (C=O) groups is 1. The van der Waals surface area contributed by atoms with Gasteiger partial charge in [0, 0.05) is 6.20 Å². The van der Waals surface area contributed by atoms with Crippen LogP contribution < -0.4 is 10.2 Å². The van der Waals surface area contributed by atoms with Crippen LogP contribution in [0.4, 0.5) is 16.6 Å². The predicted molar refractivity (Wildman–Crippen MR) is 108 cm³/mol. The minimum atomic E-state index is -0.630. The molecule has 0 bridgehead atoms. The Morgan fingerprint density at radius 1 is 1.07 bits per heavy atom. The van der Waals surface area contributed by atoms with Crippen molar-refractivity contribution in [2.75, 3.05) is 16.8 Å². The summed E-state index contributed by atoms with van der Waals surface area (Å²) in [6.07, 6.45) is 1.24. The molecule has 1 fully saturated rings. The molecule has 0 radical (unpaired) electrons. The number of aromatic nitrogens is 2. The summed E-state index contributed by atoms with van der Waals surface area (Å²) in [7, 11) is 0. The third kappa shape index (κ3) is 3.29. The van der Waals surface area contributed by atoms with Gasteiger partial charge in [-0.1, -0.05) is 60.7 Å². The van der Waals surface area contributed by atoms with Crippen LogP contribution in [0.1, 0.15) is 31.0 Å². The third-order valence-electron chi connectivity index (χ3n) is 5.06. The molecule has 1 unspecified atom stereocenters. The first-order valence-corrected chi connectivity index (χ1v) is 9.25. The highest BCUT2D eigenvalue weighted by Crippen LogP contribution is 2.37. The monoisotopic (exact) mass is 374 g/mol. The van der Waals surface area contributed by atoms with Crippen LogP contribution in [0, 0.1) is 0 Å². The van der Waals surface area contributed by atoms with Crippen LogP contribution in [0.2, 0.25) is 0 Å². The predicted octanol–water partition coefficient (Wildman–Crippen LogP) is 4.52.